The number of hydrogen-bond acceptors (Lipinski definition) is 2. The highest BCUT2D eigenvalue weighted by molar-refractivity contribution is 5.87. The maximum absolute atomic E-state index is 10.5. The Morgan fingerprint density at radius 3 is 2.92 bits per heavy atom. The van der Waals surface area contributed by atoms with Crippen LogP contribution < -0.4 is 5.32 Å². The minimum Gasteiger partial charge on any atom is -0.478 e. The second kappa shape index (κ2) is 4.25. The molecule has 1 radical (unpaired) electrons. The van der Waals surface area contributed by atoms with Crippen molar-refractivity contribution in [1.82, 2.24) is 5.32 Å². The van der Waals surface area contributed by atoms with Crippen molar-refractivity contribution >= 4 is 12.4 Å². The van der Waals surface area contributed by atoms with Crippen molar-refractivity contribution in [1.29, 1.82) is 0 Å². The molecule has 1 amide bonds. The van der Waals surface area contributed by atoms with E-state index in [0.717, 1.165) is 5.56 Å². The van der Waals surface area contributed by atoms with E-state index in [1.54, 1.807) is 12.1 Å². The fourth-order valence-corrected chi connectivity index (χ4v) is 0.952. The Morgan fingerprint density at radius 2 is 2.31 bits per heavy atom. The fourth-order valence-electron chi connectivity index (χ4n) is 0.952. The van der Waals surface area contributed by atoms with Gasteiger partial charge in [0.05, 0.1) is 5.56 Å². The number of carbonyl (C=O) groups excluding carboxylic acids is 1. The van der Waals surface area contributed by atoms with E-state index in [9.17, 15) is 9.59 Å². The van der Waals surface area contributed by atoms with Crippen LogP contribution >= 0.6 is 0 Å². The number of aromatic carboxylic acids is 1. The Labute approximate surface area is 75.2 Å². The zero-order valence-corrected chi connectivity index (χ0v) is 6.78. The zero-order valence-electron chi connectivity index (χ0n) is 6.78. The molecule has 13 heavy (non-hydrogen) atoms. The number of nitrogens with one attached hydrogen (secondary N) is 1. The summed E-state index contributed by atoms with van der Waals surface area (Å²) in [5.41, 5.74) is 0.952. The third-order valence-electron chi connectivity index (χ3n) is 1.54. The first-order valence-electron chi connectivity index (χ1n) is 3.66. The predicted octanol–water partition coefficient (Wildman–Crippen LogP) is 0.542. The molecule has 0 aliphatic carbocycles. The smallest absolute Gasteiger partial charge is 0.335 e. The zero-order chi connectivity index (χ0) is 9.68. The number of carboxylic acids is 1. The van der Waals surface area contributed by atoms with Crippen LogP contribution in [0.3, 0.4) is 0 Å². The molecule has 4 nitrogen and oxygen atoms in total. The quantitative estimate of drug-likeness (QED) is 0.661. The van der Waals surface area contributed by atoms with Crippen molar-refractivity contribution in [3.63, 3.8) is 0 Å². The predicted molar refractivity (Wildman–Crippen MR) is 45.9 cm³/mol. The summed E-state index contributed by atoms with van der Waals surface area (Å²) >= 11 is 0. The molecule has 0 fully saturated rings. The molecule has 0 saturated carbocycles. The molecule has 0 heterocycles. The fraction of sp³-hybridized carbons (Fsp3) is 0.111. The molecular formula is C9H8NO3. The SMILES string of the molecule is O=[C]NCc1cccc(C(=O)O)c1. The van der Waals surface area contributed by atoms with Gasteiger partial charge in [-0.1, -0.05) is 12.1 Å². The molecule has 0 aliphatic heterocycles. The highest BCUT2D eigenvalue weighted by Gasteiger charge is 2.02. The van der Waals surface area contributed by atoms with E-state index in [2.05, 4.69) is 5.32 Å². The first-order chi connectivity index (χ1) is 6.24. The first kappa shape index (κ1) is 9.25. The largest absolute Gasteiger partial charge is 0.478 e. The van der Waals surface area contributed by atoms with Crippen LogP contribution in [-0.4, -0.2) is 17.5 Å². The topological polar surface area (TPSA) is 66.4 Å². The van der Waals surface area contributed by atoms with Crippen LogP contribution in [-0.2, 0) is 11.3 Å². The molecule has 0 atom stereocenters. The maximum atomic E-state index is 10.5. The molecule has 0 bridgehead atoms. The lowest BCUT2D eigenvalue weighted by Gasteiger charge is -2.00. The van der Waals surface area contributed by atoms with Gasteiger partial charge in [0, 0.05) is 6.54 Å². The maximum Gasteiger partial charge on any atom is 0.335 e. The van der Waals surface area contributed by atoms with E-state index in [1.807, 2.05) is 0 Å². The van der Waals surface area contributed by atoms with Gasteiger partial charge in [-0.05, 0) is 17.7 Å². The summed E-state index contributed by atoms with van der Waals surface area (Å²) in [6.45, 7) is 0.296. The van der Waals surface area contributed by atoms with Crippen molar-refractivity contribution in [2.45, 2.75) is 6.54 Å². The normalized spacial score (nSPS) is 9.23. The van der Waals surface area contributed by atoms with Crippen molar-refractivity contribution in [3.05, 3.63) is 35.4 Å². The van der Waals surface area contributed by atoms with Crippen LogP contribution in [0.15, 0.2) is 24.3 Å². The van der Waals surface area contributed by atoms with Crippen LogP contribution in [0.25, 0.3) is 0 Å². The lowest BCUT2D eigenvalue weighted by Crippen LogP contribution is -2.10. The van der Waals surface area contributed by atoms with Gasteiger partial charge in [-0.25, -0.2) is 4.79 Å². The molecule has 0 saturated heterocycles. The van der Waals surface area contributed by atoms with Crippen molar-refractivity contribution in [2.75, 3.05) is 0 Å². The van der Waals surface area contributed by atoms with Crippen molar-refractivity contribution in [3.8, 4) is 0 Å². The number of benzene rings is 1. The summed E-state index contributed by atoms with van der Waals surface area (Å²) in [5.74, 6) is -0.975. The lowest BCUT2D eigenvalue weighted by molar-refractivity contribution is 0.0697. The Balaban J connectivity index is 2.79. The summed E-state index contributed by atoms with van der Waals surface area (Å²) in [4.78, 5) is 20.4. The number of rotatable bonds is 4. The third kappa shape index (κ3) is 2.59. The first-order valence-corrected chi connectivity index (χ1v) is 3.66. The van der Waals surface area contributed by atoms with Gasteiger partial charge in [0.2, 0.25) is 0 Å². The number of hydrogen-bond donors (Lipinski definition) is 2. The molecule has 2 N–H and O–H groups in total. The van der Waals surface area contributed by atoms with Crippen LogP contribution in [0.5, 0.6) is 0 Å². The van der Waals surface area contributed by atoms with E-state index in [0.29, 0.717) is 6.54 Å². The Morgan fingerprint density at radius 1 is 1.54 bits per heavy atom. The van der Waals surface area contributed by atoms with Crippen LogP contribution in [0.2, 0.25) is 0 Å². The van der Waals surface area contributed by atoms with Gasteiger partial charge >= 0.3 is 12.4 Å². The van der Waals surface area contributed by atoms with Gasteiger partial charge in [-0.15, -0.1) is 0 Å². The molecule has 1 rings (SSSR count). The molecular weight excluding hydrogens is 170 g/mol. The van der Waals surface area contributed by atoms with Gasteiger partial charge in [0.25, 0.3) is 0 Å². The van der Waals surface area contributed by atoms with E-state index in [-0.39, 0.29) is 5.56 Å². The molecule has 1 aromatic carbocycles. The van der Waals surface area contributed by atoms with Gasteiger partial charge in [-0.2, -0.15) is 0 Å². The molecule has 67 valence electrons. The summed E-state index contributed by atoms with van der Waals surface area (Å²) in [5, 5.41) is 11.0. The molecule has 1 aromatic rings. The second-order valence-corrected chi connectivity index (χ2v) is 2.46. The number of amides is 1. The van der Waals surface area contributed by atoms with E-state index in [1.165, 1.54) is 18.5 Å². The highest BCUT2D eigenvalue weighted by atomic mass is 16.4. The van der Waals surface area contributed by atoms with Gasteiger partial charge in [0.1, 0.15) is 0 Å². The summed E-state index contributed by atoms with van der Waals surface area (Å²) in [6.07, 6.45) is 1.52. The van der Waals surface area contributed by atoms with Crippen LogP contribution in [0, 0.1) is 0 Å². The van der Waals surface area contributed by atoms with Crippen molar-refractivity contribution < 1.29 is 14.7 Å². The Kier molecular flexibility index (Phi) is 3.03. The average molecular weight is 178 g/mol. The summed E-state index contributed by atoms with van der Waals surface area (Å²) in [6, 6.07) is 6.37. The minimum absolute atomic E-state index is 0.213. The summed E-state index contributed by atoms with van der Waals surface area (Å²) in [7, 11) is 0. The van der Waals surface area contributed by atoms with Gasteiger partial charge < -0.3 is 10.4 Å². The Bertz CT molecular complexity index is 322. The van der Waals surface area contributed by atoms with E-state index >= 15 is 0 Å². The standard InChI is InChI=1S/C9H8NO3/c11-6-10-5-7-2-1-3-8(4-7)9(12)13/h1-4H,5H2,(H,10,11)(H,12,13). The average Bonchev–Trinajstić information content (AvgIpc) is 2.15. The minimum atomic E-state index is -0.975. The second-order valence-electron chi connectivity index (χ2n) is 2.46. The van der Waals surface area contributed by atoms with E-state index in [4.69, 9.17) is 5.11 Å². The van der Waals surface area contributed by atoms with Gasteiger partial charge in [-0.3, -0.25) is 4.79 Å². The molecule has 4 heteroatoms. The molecule has 0 spiro atoms. The number of carbonyl (C=O) groups is 1. The molecule has 0 aliphatic rings. The highest BCUT2D eigenvalue weighted by Crippen LogP contribution is 2.04. The monoisotopic (exact) mass is 178 g/mol. The van der Waals surface area contributed by atoms with E-state index < -0.39 is 5.97 Å². The molecule has 0 unspecified atom stereocenters. The third-order valence-corrected chi connectivity index (χ3v) is 1.54. The van der Waals surface area contributed by atoms with Crippen LogP contribution in [0.1, 0.15) is 15.9 Å². The number of carboxylic acid groups (broad SMARTS) is 1. The Hall–Kier alpha value is -1.84. The summed E-state index contributed by atoms with van der Waals surface area (Å²) < 4.78 is 0. The lowest BCUT2D eigenvalue weighted by atomic mass is 10.1. The molecule has 0 aromatic heterocycles. The van der Waals surface area contributed by atoms with Crippen LogP contribution in [0.4, 0.5) is 0 Å². The van der Waals surface area contributed by atoms with Crippen molar-refractivity contribution in [2.24, 2.45) is 0 Å². The van der Waals surface area contributed by atoms with Gasteiger partial charge in [0.15, 0.2) is 0 Å².